The molecule has 1 aromatic rings. The molecule has 0 radical (unpaired) electrons. The maximum absolute atomic E-state index is 12.4. The number of halogens is 4. The zero-order chi connectivity index (χ0) is 18.1. The van der Waals surface area contributed by atoms with Crippen LogP contribution in [0.3, 0.4) is 0 Å². The van der Waals surface area contributed by atoms with Crippen LogP contribution in [0.1, 0.15) is 25.0 Å². The lowest BCUT2D eigenvalue weighted by atomic mass is 9.93. The molecule has 9 heteroatoms. The maximum Gasteiger partial charge on any atom is 0.401 e. The number of alkyl halides is 3. The molecule has 1 aromatic heterocycles. The summed E-state index contributed by atoms with van der Waals surface area (Å²) < 4.78 is 42.4. The van der Waals surface area contributed by atoms with Crippen LogP contribution < -0.4 is 10.6 Å². The van der Waals surface area contributed by atoms with Crippen molar-refractivity contribution in [2.75, 3.05) is 39.8 Å². The van der Waals surface area contributed by atoms with Gasteiger partial charge in [-0.05, 0) is 50.4 Å². The summed E-state index contributed by atoms with van der Waals surface area (Å²) in [5, 5.41) is 6.48. The summed E-state index contributed by atoms with van der Waals surface area (Å²) in [4.78, 5) is 5.67. The summed E-state index contributed by atoms with van der Waals surface area (Å²) in [6, 6.07) is 3.80. The Morgan fingerprint density at radius 3 is 2.54 bits per heavy atom. The van der Waals surface area contributed by atoms with Crippen LogP contribution in [0.25, 0.3) is 0 Å². The zero-order valence-corrected chi connectivity index (χ0v) is 17.3. The standard InChI is InChI=1S/C17H27F3N4O.HI/c1-21-16(23-9-5-15-3-2-12-25-15)22-8-4-14-6-10-24(11-7-14)13-17(18,19)20;/h2-3,12,14H,4-11,13H2,1H3,(H2,21,22,23);1H. The van der Waals surface area contributed by atoms with E-state index >= 15 is 0 Å². The lowest BCUT2D eigenvalue weighted by molar-refractivity contribution is -0.148. The third kappa shape index (κ3) is 9.11. The summed E-state index contributed by atoms with van der Waals surface area (Å²) in [7, 11) is 1.72. The predicted molar refractivity (Wildman–Crippen MR) is 107 cm³/mol. The van der Waals surface area contributed by atoms with Gasteiger partial charge in [0, 0.05) is 26.6 Å². The minimum atomic E-state index is -4.10. The van der Waals surface area contributed by atoms with Crippen LogP contribution in [0.5, 0.6) is 0 Å². The van der Waals surface area contributed by atoms with Crippen molar-refractivity contribution in [1.82, 2.24) is 15.5 Å². The molecule has 0 spiro atoms. The molecule has 0 bridgehead atoms. The minimum absolute atomic E-state index is 0. The van der Waals surface area contributed by atoms with Gasteiger partial charge in [0.25, 0.3) is 0 Å². The molecule has 0 atom stereocenters. The van der Waals surface area contributed by atoms with Gasteiger partial charge in [0.15, 0.2) is 5.96 Å². The summed E-state index contributed by atoms with van der Waals surface area (Å²) in [6.45, 7) is 1.76. The van der Waals surface area contributed by atoms with Crippen LogP contribution in [0, 0.1) is 5.92 Å². The topological polar surface area (TPSA) is 52.8 Å². The van der Waals surface area contributed by atoms with Crippen molar-refractivity contribution in [2.24, 2.45) is 10.9 Å². The summed E-state index contributed by atoms with van der Waals surface area (Å²) in [6.07, 6.45) is 0.930. The molecular formula is C17H28F3IN4O. The van der Waals surface area contributed by atoms with Gasteiger partial charge in [-0.3, -0.25) is 9.89 Å². The highest BCUT2D eigenvalue weighted by Gasteiger charge is 2.32. The third-order valence-electron chi connectivity index (χ3n) is 4.42. The maximum atomic E-state index is 12.4. The van der Waals surface area contributed by atoms with Crippen LogP contribution in [0.2, 0.25) is 0 Å². The van der Waals surface area contributed by atoms with Crippen molar-refractivity contribution >= 4 is 29.9 Å². The second-order valence-electron chi connectivity index (χ2n) is 6.38. The molecule has 1 aliphatic heterocycles. The number of hydrogen-bond donors (Lipinski definition) is 2. The Labute approximate surface area is 169 Å². The molecule has 1 fully saturated rings. The van der Waals surface area contributed by atoms with Gasteiger partial charge in [-0.2, -0.15) is 13.2 Å². The number of likely N-dealkylation sites (tertiary alicyclic amines) is 1. The molecule has 26 heavy (non-hydrogen) atoms. The predicted octanol–water partition coefficient (Wildman–Crippen LogP) is 3.27. The molecule has 1 aliphatic rings. The normalized spacial score (nSPS) is 17.0. The monoisotopic (exact) mass is 488 g/mol. The first-order chi connectivity index (χ1) is 12.0. The Hall–Kier alpha value is -0.970. The molecule has 0 amide bonds. The first-order valence-corrected chi connectivity index (χ1v) is 8.72. The summed E-state index contributed by atoms with van der Waals surface area (Å²) >= 11 is 0. The van der Waals surface area contributed by atoms with Crippen LogP contribution >= 0.6 is 24.0 Å². The van der Waals surface area contributed by atoms with E-state index in [1.54, 1.807) is 13.3 Å². The highest BCUT2D eigenvalue weighted by Crippen LogP contribution is 2.23. The van der Waals surface area contributed by atoms with E-state index in [0.29, 0.717) is 19.0 Å². The van der Waals surface area contributed by atoms with Crippen molar-refractivity contribution < 1.29 is 17.6 Å². The fourth-order valence-corrected chi connectivity index (χ4v) is 3.06. The fraction of sp³-hybridized carbons (Fsp3) is 0.706. The van der Waals surface area contributed by atoms with Gasteiger partial charge in [0.2, 0.25) is 0 Å². The van der Waals surface area contributed by atoms with Crippen molar-refractivity contribution in [1.29, 1.82) is 0 Å². The molecule has 0 unspecified atom stereocenters. The summed E-state index contributed by atoms with van der Waals surface area (Å²) in [5.74, 6) is 2.13. The number of aliphatic imine (C=N–C) groups is 1. The molecule has 0 aliphatic carbocycles. The zero-order valence-electron chi connectivity index (χ0n) is 15.0. The van der Waals surface area contributed by atoms with Gasteiger partial charge < -0.3 is 15.1 Å². The number of furan rings is 1. The number of rotatable bonds is 7. The Morgan fingerprint density at radius 2 is 1.96 bits per heavy atom. The largest absolute Gasteiger partial charge is 0.469 e. The lowest BCUT2D eigenvalue weighted by Gasteiger charge is -2.32. The number of nitrogens with one attached hydrogen (secondary N) is 2. The number of hydrogen-bond acceptors (Lipinski definition) is 3. The molecule has 0 aromatic carbocycles. The van der Waals surface area contributed by atoms with Crippen LogP contribution in [-0.2, 0) is 6.42 Å². The van der Waals surface area contributed by atoms with E-state index in [9.17, 15) is 13.2 Å². The van der Waals surface area contributed by atoms with E-state index < -0.39 is 12.7 Å². The van der Waals surface area contributed by atoms with Crippen LogP contribution in [0.4, 0.5) is 13.2 Å². The molecule has 0 saturated carbocycles. The molecule has 2 rings (SSSR count). The average Bonchev–Trinajstić information content (AvgIpc) is 3.07. The molecule has 5 nitrogen and oxygen atoms in total. The highest BCUT2D eigenvalue weighted by molar-refractivity contribution is 14.0. The molecule has 1 saturated heterocycles. The van der Waals surface area contributed by atoms with Gasteiger partial charge >= 0.3 is 6.18 Å². The SMILES string of the molecule is CN=C(NCCc1ccco1)NCCC1CCN(CC(F)(F)F)CC1.I. The van der Waals surface area contributed by atoms with E-state index in [2.05, 4.69) is 15.6 Å². The first kappa shape index (κ1) is 23.1. The van der Waals surface area contributed by atoms with Gasteiger partial charge in [-0.1, -0.05) is 0 Å². The van der Waals surface area contributed by atoms with Crippen molar-refractivity contribution in [3.8, 4) is 0 Å². The molecule has 2 heterocycles. The molecular weight excluding hydrogens is 460 g/mol. The van der Waals surface area contributed by atoms with E-state index in [-0.39, 0.29) is 24.0 Å². The Bertz CT molecular complexity index is 515. The van der Waals surface area contributed by atoms with Gasteiger partial charge in [0.05, 0.1) is 12.8 Å². The highest BCUT2D eigenvalue weighted by atomic mass is 127. The lowest BCUT2D eigenvalue weighted by Crippen LogP contribution is -2.42. The molecule has 2 N–H and O–H groups in total. The second-order valence-corrected chi connectivity index (χ2v) is 6.38. The van der Waals surface area contributed by atoms with Gasteiger partial charge in [-0.25, -0.2) is 0 Å². The minimum Gasteiger partial charge on any atom is -0.469 e. The van der Waals surface area contributed by atoms with Crippen LogP contribution in [0.15, 0.2) is 27.8 Å². The summed E-state index contributed by atoms with van der Waals surface area (Å²) in [5.41, 5.74) is 0. The first-order valence-electron chi connectivity index (χ1n) is 8.72. The molecule has 150 valence electrons. The third-order valence-corrected chi connectivity index (χ3v) is 4.42. The Balaban J connectivity index is 0.00000338. The van der Waals surface area contributed by atoms with Gasteiger partial charge in [0.1, 0.15) is 5.76 Å². The quantitative estimate of drug-likeness (QED) is 0.352. The van der Waals surface area contributed by atoms with E-state index in [1.165, 1.54) is 4.90 Å². The van der Waals surface area contributed by atoms with Crippen molar-refractivity contribution in [3.05, 3.63) is 24.2 Å². The Morgan fingerprint density at radius 1 is 1.27 bits per heavy atom. The Kier molecular flexibility index (Phi) is 10.4. The van der Waals surface area contributed by atoms with E-state index in [1.807, 2.05) is 12.1 Å². The smallest absolute Gasteiger partial charge is 0.401 e. The average molecular weight is 488 g/mol. The fourth-order valence-electron chi connectivity index (χ4n) is 3.06. The van der Waals surface area contributed by atoms with Crippen molar-refractivity contribution in [3.63, 3.8) is 0 Å². The second kappa shape index (κ2) is 11.7. The van der Waals surface area contributed by atoms with Crippen molar-refractivity contribution in [2.45, 2.75) is 31.9 Å². The number of piperidine rings is 1. The van der Waals surface area contributed by atoms with Crippen LogP contribution in [-0.4, -0.2) is 56.8 Å². The van der Waals surface area contributed by atoms with E-state index in [4.69, 9.17) is 4.42 Å². The van der Waals surface area contributed by atoms with E-state index in [0.717, 1.165) is 50.5 Å². The van der Waals surface area contributed by atoms with Gasteiger partial charge in [-0.15, -0.1) is 24.0 Å². The number of guanidine groups is 1. The number of nitrogens with zero attached hydrogens (tertiary/aromatic N) is 2.